The normalized spacial score (nSPS) is 10.1. The maximum atomic E-state index is 11.3. The van der Waals surface area contributed by atoms with Gasteiger partial charge in [0, 0.05) is 5.69 Å². The van der Waals surface area contributed by atoms with Gasteiger partial charge in [-0.1, -0.05) is 18.2 Å². The molecule has 0 aromatic heterocycles. The molecule has 1 rings (SSSR count). The van der Waals surface area contributed by atoms with Crippen LogP contribution in [0.15, 0.2) is 30.3 Å². The van der Waals surface area contributed by atoms with E-state index in [1.807, 2.05) is 18.2 Å². The number of alkyl halides is 2. The molecular weight excluding hydrogens is 237 g/mol. The van der Waals surface area contributed by atoms with Crippen LogP contribution in [0.25, 0.3) is 0 Å². The summed E-state index contributed by atoms with van der Waals surface area (Å²) >= 11 is 11.1. The van der Waals surface area contributed by atoms with E-state index in [0.717, 1.165) is 0 Å². The van der Waals surface area contributed by atoms with E-state index in [-0.39, 0.29) is 11.8 Å². The van der Waals surface area contributed by atoms with Crippen LogP contribution < -0.4 is 5.32 Å². The van der Waals surface area contributed by atoms with Crippen LogP contribution in [-0.4, -0.2) is 24.0 Å². The topological polar surface area (TPSA) is 38.3 Å². The van der Waals surface area contributed by atoms with Crippen molar-refractivity contribution in [2.45, 2.75) is 6.10 Å². The fourth-order valence-electron chi connectivity index (χ4n) is 0.924. The molecule has 1 aromatic rings. The molecule has 5 heteroatoms. The number of benzene rings is 1. The fraction of sp³-hybridized carbons (Fsp3) is 0.300. The molecule has 0 bridgehead atoms. The van der Waals surface area contributed by atoms with Crippen LogP contribution in [0.1, 0.15) is 0 Å². The molecule has 1 aromatic carbocycles. The Balaban J connectivity index is 2.43. The van der Waals surface area contributed by atoms with Crippen molar-refractivity contribution in [1.82, 2.24) is 0 Å². The Hall–Kier alpha value is -0.930. The molecule has 1 N–H and O–H groups in total. The Bertz CT molecular complexity index is 302. The minimum Gasteiger partial charge on any atom is -0.443 e. The third kappa shape index (κ3) is 4.40. The lowest BCUT2D eigenvalue weighted by Crippen LogP contribution is -2.24. The Labute approximate surface area is 98.3 Å². The lowest BCUT2D eigenvalue weighted by molar-refractivity contribution is 0.133. The smallest absolute Gasteiger partial charge is 0.411 e. The molecule has 82 valence electrons. The van der Waals surface area contributed by atoms with Gasteiger partial charge in [-0.05, 0) is 12.1 Å². The highest BCUT2D eigenvalue weighted by Gasteiger charge is 2.11. The number of nitrogens with one attached hydrogen (secondary N) is 1. The molecule has 0 spiro atoms. The summed E-state index contributed by atoms with van der Waals surface area (Å²) in [6.45, 7) is 0. The number of hydrogen-bond donors (Lipinski definition) is 1. The lowest BCUT2D eigenvalue weighted by Gasteiger charge is -2.12. The van der Waals surface area contributed by atoms with Gasteiger partial charge in [0.1, 0.15) is 6.10 Å². The minimum atomic E-state index is -0.549. The van der Waals surface area contributed by atoms with Gasteiger partial charge in [0.25, 0.3) is 0 Å². The van der Waals surface area contributed by atoms with Crippen molar-refractivity contribution in [3.63, 3.8) is 0 Å². The van der Waals surface area contributed by atoms with Gasteiger partial charge in [0.15, 0.2) is 0 Å². The van der Waals surface area contributed by atoms with Crippen molar-refractivity contribution in [2.24, 2.45) is 0 Å². The molecule has 0 aliphatic carbocycles. The highest BCUT2D eigenvalue weighted by molar-refractivity contribution is 6.21. The maximum absolute atomic E-state index is 11.3. The predicted octanol–water partition coefficient (Wildman–Crippen LogP) is 3.08. The number of carbonyl (C=O) groups is 1. The van der Waals surface area contributed by atoms with Gasteiger partial charge in [0.2, 0.25) is 0 Å². The van der Waals surface area contributed by atoms with E-state index in [9.17, 15) is 4.79 Å². The number of halogens is 2. The first kappa shape index (κ1) is 12.1. The Morgan fingerprint density at radius 1 is 1.27 bits per heavy atom. The van der Waals surface area contributed by atoms with Crippen molar-refractivity contribution in [3.8, 4) is 0 Å². The van der Waals surface area contributed by atoms with Gasteiger partial charge in [-0.15, -0.1) is 23.2 Å². The molecule has 0 heterocycles. The Morgan fingerprint density at radius 3 is 2.40 bits per heavy atom. The first-order valence-corrected chi connectivity index (χ1v) is 5.47. The molecule has 1 amide bonds. The van der Waals surface area contributed by atoms with Crippen LogP contribution in [0.4, 0.5) is 10.5 Å². The van der Waals surface area contributed by atoms with Gasteiger partial charge in [0.05, 0.1) is 11.8 Å². The van der Waals surface area contributed by atoms with Crippen LogP contribution in [0.5, 0.6) is 0 Å². The van der Waals surface area contributed by atoms with Crippen molar-refractivity contribution in [3.05, 3.63) is 30.3 Å². The average Bonchev–Trinajstić information content (AvgIpc) is 2.27. The molecule has 0 aliphatic heterocycles. The largest absolute Gasteiger partial charge is 0.443 e. The summed E-state index contributed by atoms with van der Waals surface area (Å²) in [5.74, 6) is 0.372. The van der Waals surface area contributed by atoms with Crippen molar-refractivity contribution in [2.75, 3.05) is 17.1 Å². The third-order valence-corrected chi connectivity index (χ3v) is 2.33. The van der Waals surface area contributed by atoms with Crippen LogP contribution in [0.3, 0.4) is 0 Å². The highest BCUT2D eigenvalue weighted by atomic mass is 35.5. The molecule has 0 aliphatic rings. The molecule has 0 radical (unpaired) electrons. The molecule has 15 heavy (non-hydrogen) atoms. The monoisotopic (exact) mass is 247 g/mol. The molecule has 0 fully saturated rings. The maximum Gasteiger partial charge on any atom is 0.411 e. The molecule has 0 saturated carbocycles. The summed E-state index contributed by atoms with van der Waals surface area (Å²) < 4.78 is 4.94. The van der Waals surface area contributed by atoms with Crippen molar-refractivity contribution < 1.29 is 9.53 Å². The number of hydrogen-bond acceptors (Lipinski definition) is 2. The van der Waals surface area contributed by atoms with E-state index in [4.69, 9.17) is 27.9 Å². The van der Waals surface area contributed by atoms with Gasteiger partial charge in [-0.3, -0.25) is 5.32 Å². The summed E-state index contributed by atoms with van der Waals surface area (Å²) in [5.41, 5.74) is 0.672. The fourth-order valence-corrected chi connectivity index (χ4v) is 1.38. The number of ether oxygens (including phenoxy) is 1. The van der Waals surface area contributed by atoms with E-state index in [2.05, 4.69) is 5.32 Å². The summed E-state index contributed by atoms with van der Waals surface area (Å²) in [6.07, 6.45) is -1.01. The standard InChI is InChI=1S/C10H11Cl2NO2/c11-6-9(7-12)15-10(14)13-8-4-2-1-3-5-8/h1-5,9H,6-7H2,(H,13,14). The summed E-state index contributed by atoms with van der Waals surface area (Å²) in [5, 5.41) is 2.56. The zero-order chi connectivity index (χ0) is 11.1. The van der Waals surface area contributed by atoms with Gasteiger partial charge < -0.3 is 4.74 Å². The van der Waals surface area contributed by atoms with E-state index in [1.165, 1.54) is 0 Å². The number of para-hydroxylation sites is 1. The van der Waals surface area contributed by atoms with Crippen molar-refractivity contribution in [1.29, 1.82) is 0 Å². The van der Waals surface area contributed by atoms with Crippen LogP contribution in [-0.2, 0) is 4.74 Å². The Kier molecular flexibility index (Phi) is 5.29. The molecule has 3 nitrogen and oxygen atoms in total. The number of amides is 1. The highest BCUT2D eigenvalue weighted by Crippen LogP contribution is 2.07. The zero-order valence-corrected chi connectivity index (χ0v) is 9.46. The molecule has 0 unspecified atom stereocenters. The molecule has 0 saturated heterocycles. The van der Waals surface area contributed by atoms with Gasteiger partial charge >= 0.3 is 6.09 Å². The predicted molar refractivity (Wildman–Crippen MR) is 61.8 cm³/mol. The van der Waals surface area contributed by atoms with E-state index < -0.39 is 12.2 Å². The SMILES string of the molecule is O=C(Nc1ccccc1)OC(CCl)CCl. The Morgan fingerprint density at radius 2 is 1.87 bits per heavy atom. The average molecular weight is 248 g/mol. The second-order valence-electron chi connectivity index (χ2n) is 2.83. The van der Waals surface area contributed by atoms with Crippen LogP contribution >= 0.6 is 23.2 Å². The lowest BCUT2D eigenvalue weighted by atomic mass is 10.3. The summed E-state index contributed by atoms with van der Waals surface area (Å²) in [4.78, 5) is 11.3. The van der Waals surface area contributed by atoms with Crippen LogP contribution in [0.2, 0.25) is 0 Å². The van der Waals surface area contributed by atoms with E-state index in [0.29, 0.717) is 5.69 Å². The van der Waals surface area contributed by atoms with E-state index in [1.54, 1.807) is 12.1 Å². The number of rotatable bonds is 4. The number of anilines is 1. The second-order valence-corrected chi connectivity index (χ2v) is 3.44. The zero-order valence-electron chi connectivity index (χ0n) is 7.95. The minimum absolute atomic E-state index is 0.186. The van der Waals surface area contributed by atoms with Gasteiger partial charge in [-0.25, -0.2) is 4.79 Å². The summed E-state index contributed by atoms with van der Waals surface area (Å²) in [6, 6.07) is 9.01. The van der Waals surface area contributed by atoms with Crippen LogP contribution in [0, 0.1) is 0 Å². The first-order valence-electron chi connectivity index (χ1n) is 4.41. The molecular formula is C10H11Cl2NO2. The van der Waals surface area contributed by atoms with E-state index >= 15 is 0 Å². The van der Waals surface area contributed by atoms with Gasteiger partial charge in [-0.2, -0.15) is 0 Å². The molecule has 0 atom stereocenters. The quantitative estimate of drug-likeness (QED) is 0.831. The second kappa shape index (κ2) is 6.53. The number of carbonyl (C=O) groups excluding carboxylic acids is 1. The third-order valence-electron chi connectivity index (χ3n) is 1.64. The first-order chi connectivity index (χ1) is 7.26. The summed E-state index contributed by atoms with van der Waals surface area (Å²) in [7, 11) is 0. The van der Waals surface area contributed by atoms with Crippen molar-refractivity contribution >= 4 is 35.0 Å².